The smallest absolute Gasteiger partial charge is 0.250 e. The van der Waals surface area contributed by atoms with Crippen LogP contribution in [0.1, 0.15) is 52.0 Å². The lowest BCUT2D eigenvalue weighted by Crippen LogP contribution is -2.54. The Kier molecular flexibility index (Phi) is 7.98. The number of nitrogens with one attached hydrogen (secondary N) is 2. The molecule has 1 aliphatic carbocycles. The van der Waals surface area contributed by atoms with Gasteiger partial charge >= 0.3 is 0 Å². The summed E-state index contributed by atoms with van der Waals surface area (Å²) >= 11 is 6.14. The summed E-state index contributed by atoms with van der Waals surface area (Å²) in [5.74, 6) is -1.72. The van der Waals surface area contributed by atoms with Crippen LogP contribution in [0.2, 0.25) is 5.02 Å². The fraction of sp³-hybridized carbons (Fsp3) is 0.515. The first-order chi connectivity index (χ1) is 20.6. The number of fused-ring (bicyclic) bond motifs is 1. The predicted octanol–water partition coefficient (Wildman–Crippen LogP) is 4.49. The van der Waals surface area contributed by atoms with Gasteiger partial charge in [0.2, 0.25) is 11.8 Å². The molecule has 4 aliphatic rings. The second kappa shape index (κ2) is 11.6. The minimum Gasteiger partial charge on any atom is -0.508 e. The van der Waals surface area contributed by atoms with Crippen molar-refractivity contribution in [3.05, 3.63) is 65.5 Å². The number of phenolic OH excluding ortho intramolecular Hbond substituents is 1. The van der Waals surface area contributed by atoms with E-state index in [1.54, 1.807) is 17.3 Å². The topological polar surface area (TPSA) is 121 Å². The highest BCUT2D eigenvalue weighted by molar-refractivity contribution is 6.31. The van der Waals surface area contributed by atoms with Crippen molar-refractivity contribution in [1.29, 1.82) is 0 Å². The number of anilines is 1. The third-order valence-electron chi connectivity index (χ3n) is 10.1. The lowest BCUT2D eigenvalue weighted by molar-refractivity contribution is -0.142. The number of carbonyl (C=O) groups excluding carboxylic acids is 3. The summed E-state index contributed by atoms with van der Waals surface area (Å²) in [6.45, 7) is 6.32. The normalized spacial score (nSPS) is 33.3. The van der Waals surface area contributed by atoms with Crippen LogP contribution in [-0.4, -0.2) is 62.5 Å². The number of phenols is 1. The molecule has 9 nitrogen and oxygen atoms in total. The van der Waals surface area contributed by atoms with Gasteiger partial charge in [-0.25, -0.2) is 0 Å². The average Bonchev–Trinajstić information content (AvgIpc) is 3.61. The molecular weight excluding hydrogens is 568 g/mol. The molecule has 3 fully saturated rings. The number of pyridine rings is 1. The first-order valence-electron chi connectivity index (χ1n) is 15.3. The Labute approximate surface area is 257 Å². The van der Waals surface area contributed by atoms with Crippen LogP contribution in [0.25, 0.3) is 0 Å². The average molecular weight is 607 g/mol. The molecule has 2 aromatic rings. The van der Waals surface area contributed by atoms with Crippen LogP contribution in [0.5, 0.6) is 5.75 Å². The molecule has 9 unspecified atom stereocenters. The molecule has 228 valence electrons. The number of nitrogens with zero attached hydrogens (tertiary/aromatic N) is 2. The highest BCUT2D eigenvalue weighted by Crippen LogP contribution is 2.56. The van der Waals surface area contributed by atoms with Gasteiger partial charge in [-0.1, -0.05) is 50.4 Å². The standard InChI is InChI=1S/C33H39ClN4O5/c1-18-5-4-6-25(20(18)3)37-30(40)27-26-9-12-33(43-26)28(27)32(42)38(19(2)7-8-21-10-13-35-14-11-21)29(33)31(41)36-23-15-22(34)16-24(39)17-23/h9-20,25-29,39H,4-8H2,1-3H3,(H,36,41)(H,37,40). The van der Waals surface area contributed by atoms with E-state index in [9.17, 15) is 19.5 Å². The van der Waals surface area contributed by atoms with E-state index in [1.807, 2.05) is 31.2 Å². The summed E-state index contributed by atoms with van der Waals surface area (Å²) < 4.78 is 6.51. The van der Waals surface area contributed by atoms with Gasteiger partial charge in [-0.2, -0.15) is 0 Å². The van der Waals surface area contributed by atoms with E-state index in [4.69, 9.17) is 16.3 Å². The van der Waals surface area contributed by atoms with Gasteiger partial charge in [-0.15, -0.1) is 0 Å². The third-order valence-corrected chi connectivity index (χ3v) is 10.3. The molecule has 0 radical (unpaired) electrons. The van der Waals surface area contributed by atoms with Crippen molar-refractivity contribution < 1.29 is 24.2 Å². The Bertz CT molecular complexity index is 1420. The van der Waals surface area contributed by atoms with Crippen molar-refractivity contribution in [2.75, 3.05) is 5.32 Å². The zero-order valence-corrected chi connectivity index (χ0v) is 25.5. The van der Waals surface area contributed by atoms with Gasteiger partial charge in [0.15, 0.2) is 0 Å². The van der Waals surface area contributed by atoms with Gasteiger partial charge in [0.1, 0.15) is 17.4 Å². The maximum Gasteiger partial charge on any atom is 0.250 e. The van der Waals surface area contributed by atoms with Crippen molar-refractivity contribution >= 4 is 35.0 Å². The molecule has 3 aliphatic heterocycles. The molecule has 43 heavy (non-hydrogen) atoms. The molecule has 4 heterocycles. The van der Waals surface area contributed by atoms with E-state index < -0.39 is 35.5 Å². The molecule has 1 saturated carbocycles. The molecule has 6 rings (SSSR count). The molecule has 2 bridgehead atoms. The summed E-state index contributed by atoms with van der Waals surface area (Å²) in [5, 5.41) is 16.5. The van der Waals surface area contributed by atoms with Crippen LogP contribution in [-0.2, 0) is 25.5 Å². The Morgan fingerprint density at radius 1 is 1.19 bits per heavy atom. The summed E-state index contributed by atoms with van der Waals surface area (Å²) in [6.07, 6.45) is 10.9. The van der Waals surface area contributed by atoms with Crippen molar-refractivity contribution in [2.24, 2.45) is 23.7 Å². The van der Waals surface area contributed by atoms with Crippen LogP contribution in [0.15, 0.2) is 54.9 Å². The minimum atomic E-state index is -1.29. The molecule has 10 heteroatoms. The number of rotatable bonds is 8. The predicted molar refractivity (Wildman–Crippen MR) is 162 cm³/mol. The van der Waals surface area contributed by atoms with Gasteiger partial charge in [0.05, 0.1) is 17.9 Å². The van der Waals surface area contributed by atoms with Gasteiger partial charge in [0, 0.05) is 41.3 Å². The van der Waals surface area contributed by atoms with Gasteiger partial charge in [-0.05, 0) is 67.9 Å². The Balaban J connectivity index is 1.31. The van der Waals surface area contributed by atoms with Crippen LogP contribution in [0.4, 0.5) is 5.69 Å². The summed E-state index contributed by atoms with van der Waals surface area (Å²) in [6, 6.07) is 6.86. The Morgan fingerprint density at radius 3 is 2.70 bits per heavy atom. The fourth-order valence-electron chi connectivity index (χ4n) is 7.67. The van der Waals surface area contributed by atoms with E-state index in [0.717, 1.165) is 24.8 Å². The number of benzene rings is 1. The van der Waals surface area contributed by atoms with E-state index >= 15 is 0 Å². The summed E-state index contributed by atoms with van der Waals surface area (Å²) in [5.41, 5.74) is 0.0931. The number of amides is 3. The number of aromatic hydroxyl groups is 1. The highest BCUT2D eigenvalue weighted by Gasteiger charge is 2.73. The largest absolute Gasteiger partial charge is 0.508 e. The molecule has 9 atom stereocenters. The lowest BCUT2D eigenvalue weighted by atomic mass is 9.73. The van der Waals surface area contributed by atoms with E-state index in [1.165, 1.54) is 18.2 Å². The molecule has 3 N–H and O–H groups in total. The molecule has 2 saturated heterocycles. The second-order valence-corrected chi connectivity index (χ2v) is 13.2. The van der Waals surface area contributed by atoms with Gasteiger partial charge in [-0.3, -0.25) is 19.4 Å². The van der Waals surface area contributed by atoms with Crippen molar-refractivity contribution in [3.8, 4) is 5.75 Å². The highest BCUT2D eigenvalue weighted by atomic mass is 35.5. The Morgan fingerprint density at radius 2 is 1.95 bits per heavy atom. The number of halogens is 1. The monoisotopic (exact) mass is 606 g/mol. The zero-order valence-electron chi connectivity index (χ0n) is 24.7. The van der Waals surface area contributed by atoms with Crippen molar-refractivity contribution in [2.45, 2.75) is 82.7 Å². The minimum absolute atomic E-state index is 0.0387. The second-order valence-electron chi connectivity index (χ2n) is 12.8. The van der Waals surface area contributed by atoms with Gasteiger partial charge < -0.3 is 25.4 Å². The maximum atomic E-state index is 14.4. The number of aryl methyl sites for hydroxylation is 1. The van der Waals surface area contributed by atoms with Gasteiger partial charge in [0.25, 0.3) is 5.91 Å². The van der Waals surface area contributed by atoms with Crippen molar-refractivity contribution in [1.82, 2.24) is 15.2 Å². The van der Waals surface area contributed by atoms with E-state index in [-0.39, 0.29) is 34.7 Å². The SMILES string of the molecule is CC1CCCC(NC(=O)C2C3C=CC4(O3)C2C(=O)N(C(C)CCc2ccncc2)C4C(=O)Nc2cc(O)cc(Cl)c2)C1C. The quantitative estimate of drug-likeness (QED) is 0.381. The van der Waals surface area contributed by atoms with E-state index in [2.05, 4.69) is 29.5 Å². The molecular formula is C33H39ClN4O5. The molecule has 1 aromatic heterocycles. The number of likely N-dealkylation sites (tertiary alicyclic amines) is 1. The lowest BCUT2D eigenvalue weighted by Gasteiger charge is -2.36. The number of carbonyl (C=O) groups is 3. The van der Waals surface area contributed by atoms with Crippen LogP contribution in [0, 0.1) is 23.7 Å². The molecule has 3 amide bonds. The number of ether oxygens (including phenoxy) is 1. The maximum absolute atomic E-state index is 14.4. The van der Waals surface area contributed by atoms with Crippen LogP contribution >= 0.6 is 11.6 Å². The number of hydrogen-bond acceptors (Lipinski definition) is 6. The summed E-state index contributed by atoms with van der Waals surface area (Å²) in [7, 11) is 0. The van der Waals surface area contributed by atoms with Crippen LogP contribution < -0.4 is 10.6 Å². The number of aromatic nitrogens is 1. The molecule has 1 aromatic carbocycles. The molecule has 1 spiro atoms. The zero-order chi connectivity index (χ0) is 30.5. The first kappa shape index (κ1) is 29.6. The first-order valence-corrected chi connectivity index (χ1v) is 15.7. The fourth-order valence-corrected chi connectivity index (χ4v) is 7.90. The van der Waals surface area contributed by atoms with E-state index in [0.29, 0.717) is 30.4 Å². The summed E-state index contributed by atoms with van der Waals surface area (Å²) in [4.78, 5) is 48.1. The number of hydrogen-bond donors (Lipinski definition) is 3. The Hall–Kier alpha value is -3.43. The third kappa shape index (κ3) is 5.31. The van der Waals surface area contributed by atoms with Crippen LogP contribution in [0.3, 0.4) is 0 Å². The van der Waals surface area contributed by atoms with Crippen molar-refractivity contribution in [3.63, 3.8) is 0 Å².